The minimum atomic E-state index is -0.329. The van der Waals surface area contributed by atoms with Gasteiger partial charge in [-0.05, 0) is 62.3 Å². The van der Waals surface area contributed by atoms with E-state index in [0.29, 0.717) is 23.1 Å². The summed E-state index contributed by atoms with van der Waals surface area (Å²) in [7, 11) is 0. The monoisotopic (exact) mass is 513 g/mol. The van der Waals surface area contributed by atoms with E-state index < -0.39 is 0 Å². The summed E-state index contributed by atoms with van der Waals surface area (Å²) in [6, 6.07) is 5.81. The summed E-state index contributed by atoms with van der Waals surface area (Å²) in [5, 5.41) is 3.74. The Bertz CT molecular complexity index is 1120. The van der Waals surface area contributed by atoms with Crippen LogP contribution in [0.3, 0.4) is 0 Å². The molecule has 0 saturated carbocycles. The Morgan fingerprint density at radius 2 is 1.97 bits per heavy atom. The lowest BCUT2D eigenvalue weighted by Gasteiger charge is -2.37. The van der Waals surface area contributed by atoms with Crippen LogP contribution in [0.2, 0.25) is 0 Å². The summed E-state index contributed by atoms with van der Waals surface area (Å²) in [6.07, 6.45) is 2.86. The summed E-state index contributed by atoms with van der Waals surface area (Å²) in [5.41, 5.74) is 2.83. The van der Waals surface area contributed by atoms with Crippen molar-refractivity contribution in [3.8, 4) is 11.5 Å². The molecule has 8 nitrogen and oxygen atoms in total. The highest BCUT2D eigenvalue weighted by atomic mass is 32.1. The Balaban J connectivity index is 1.20. The lowest BCUT2D eigenvalue weighted by Crippen LogP contribution is -2.52. The van der Waals surface area contributed by atoms with Crippen molar-refractivity contribution >= 4 is 28.2 Å². The standard InChI is InChI=1S/C27H35N3O5S/c1-4-33-27(32)24-20-7-5-17(2)13-23(20)36-26(24)28-25(31)18(3)30-11-9-29(10-12-30)15-19-6-8-21-22(14-19)35-16-34-21/h6,8,14,17-18H,4-5,7,9-13,15-16H2,1-3H3,(H,28,31)/t17-,18+/m1/s1. The molecule has 0 bridgehead atoms. The van der Waals surface area contributed by atoms with Crippen LogP contribution >= 0.6 is 11.3 Å². The minimum Gasteiger partial charge on any atom is -0.462 e. The molecule has 1 amide bonds. The van der Waals surface area contributed by atoms with Crippen LogP contribution in [0.5, 0.6) is 11.5 Å². The maximum atomic E-state index is 13.3. The van der Waals surface area contributed by atoms with Crippen molar-refractivity contribution < 1.29 is 23.8 Å². The zero-order chi connectivity index (χ0) is 25.2. The molecule has 9 heteroatoms. The number of anilines is 1. The van der Waals surface area contributed by atoms with Crippen LogP contribution in [0.15, 0.2) is 18.2 Å². The van der Waals surface area contributed by atoms with Gasteiger partial charge in [-0.15, -0.1) is 11.3 Å². The van der Waals surface area contributed by atoms with Gasteiger partial charge in [0.15, 0.2) is 11.5 Å². The Kier molecular flexibility index (Phi) is 7.50. The SMILES string of the molecule is CCOC(=O)c1c(NC(=O)[C@H](C)N2CCN(Cc3ccc4c(c3)OCO4)CC2)sc2c1CC[C@@H](C)C2. The number of ether oxygens (including phenoxy) is 3. The molecule has 194 valence electrons. The quantitative estimate of drug-likeness (QED) is 0.562. The molecule has 1 aliphatic carbocycles. The van der Waals surface area contributed by atoms with E-state index in [4.69, 9.17) is 14.2 Å². The van der Waals surface area contributed by atoms with Crippen LogP contribution in [-0.4, -0.2) is 67.3 Å². The van der Waals surface area contributed by atoms with Crippen LogP contribution in [0.1, 0.15) is 53.6 Å². The maximum Gasteiger partial charge on any atom is 0.341 e. The molecule has 3 aliphatic rings. The smallest absolute Gasteiger partial charge is 0.341 e. The van der Waals surface area contributed by atoms with E-state index in [-0.39, 0.29) is 24.7 Å². The van der Waals surface area contributed by atoms with Gasteiger partial charge in [0.05, 0.1) is 18.2 Å². The topological polar surface area (TPSA) is 80.3 Å². The van der Waals surface area contributed by atoms with E-state index in [2.05, 4.69) is 28.1 Å². The predicted molar refractivity (Wildman–Crippen MR) is 139 cm³/mol. The Hall–Kier alpha value is -2.62. The van der Waals surface area contributed by atoms with E-state index in [0.717, 1.165) is 69.0 Å². The molecule has 2 atom stereocenters. The van der Waals surface area contributed by atoms with Gasteiger partial charge in [-0.1, -0.05) is 13.0 Å². The van der Waals surface area contributed by atoms with Gasteiger partial charge >= 0.3 is 5.97 Å². The second-order valence-corrected chi connectivity index (χ2v) is 11.0. The fourth-order valence-electron chi connectivity index (χ4n) is 5.25. The zero-order valence-electron chi connectivity index (χ0n) is 21.3. The molecule has 2 aliphatic heterocycles. The number of nitrogens with one attached hydrogen (secondary N) is 1. The average Bonchev–Trinajstić information content (AvgIpc) is 3.47. The number of benzene rings is 1. The van der Waals surface area contributed by atoms with Crippen molar-refractivity contribution in [2.75, 3.05) is 44.9 Å². The molecule has 3 heterocycles. The Labute approximate surface area is 216 Å². The third kappa shape index (κ3) is 5.23. The van der Waals surface area contributed by atoms with E-state index in [1.165, 1.54) is 10.4 Å². The molecule has 2 aromatic rings. The van der Waals surface area contributed by atoms with Gasteiger partial charge in [0, 0.05) is 37.6 Å². The highest BCUT2D eigenvalue weighted by Gasteiger charge is 2.31. The van der Waals surface area contributed by atoms with Gasteiger partial charge in [0.2, 0.25) is 12.7 Å². The summed E-state index contributed by atoms with van der Waals surface area (Å²) in [4.78, 5) is 31.9. The highest BCUT2D eigenvalue weighted by molar-refractivity contribution is 7.17. The second kappa shape index (κ2) is 10.8. The lowest BCUT2D eigenvalue weighted by atomic mass is 9.88. The molecule has 1 fully saturated rings. The fraction of sp³-hybridized carbons (Fsp3) is 0.556. The number of rotatable bonds is 7. The third-order valence-corrected chi connectivity index (χ3v) is 8.57. The molecule has 1 aromatic heterocycles. The van der Waals surface area contributed by atoms with Crippen LogP contribution in [0.4, 0.5) is 5.00 Å². The van der Waals surface area contributed by atoms with Crippen LogP contribution in [0, 0.1) is 5.92 Å². The zero-order valence-corrected chi connectivity index (χ0v) is 22.1. The number of hydrogen-bond donors (Lipinski definition) is 1. The van der Waals surface area contributed by atoms with Gasteiger partial charge in [0.25, 0.3) is 0 Å². The van der Waals surface area contributed by atoms with E-state index in [1.54, 1.807) is 11.3 Å². The average molecular weight is 514 g/mol. The van der Waals surface area contributed by atoms with Crippen molar-refractivity contribution in [1.82, 2.24) is 9.80 Å². The van der Waals surface area contributed by atoms with Crippen molar-refractivity contribution in [3.63, 3.8) is 0 Å². The number of hydrogen-bond acceptors (Lipinski definition) is 8. The van der Waals surface area contributed by atoms with Crippen molar-refractivity contribution in [3.05, 3.63) is 39.8 Å². The third-order valence-electron chi connectivity index (χ3n) is 7.41. The van der Waals surface area contributed by atoms with E-state index >= 15 is 0 Å². The van der Waals surface area contributed by atoms with Gasteiger partial charge in [-0.3, -0.25) is 14.6 Å². The number of fused-ring (bicyclic) bond motifs is 2. The van der Waals surface area contributed by atoms with Crippen molar-refractivity contribution in [2.45, 2.75) is 52.6 Å². The number of amides is 1. The Morgan fingerprint density at radius 1 is 1.19 bits per heavy atom. The normalized spacial score (nSPS) is 20.6. The first-order chi connectivity index (χ1) is 17.4. The van der Waals surface area contributed by atoms with E-state index in [9.17, 15) is 9.59 Å². The predicted octanol–water partition coefficient (Wildman–Crippen LogP) is 3.92. The first-order valence-corrected chi connectivity index (χ1v) is 13.7. The molecule has 1 aromatic carbocycles. The molecule has 5 rings (SSSR count). The van der Waals surface area contributed by atoms with Crippen molar-refractivity contribution in [1.29, 1.82) is 0 Å². The number of piperazine rings is 1. The minimum absolute atomic E-state index is 0.0728. The lowest BCUT2D eigenvalue weighted by molar-refractivity contribution is -0.121. The summed E-state index contributed by atoms with van der Waals surface area (Å²) in [6.45, 7) is 10.8. The van der Waals surface area contributed by atoms with Crippen molar-refractivity contribution in [2.24, 2.45) is 5.92 Å². The van der Waals surface area contributed by atoms with Gasteiger partial charge in [-0.2, -0.15) is 0 Å². The maximum absolute atomic E-state index is 13.3. The molecule has 0 unspecified atom stereocenters. The van der Waals surface area contributed by atoms with Crippen LogP contribution in [0.25, 0.3) is 0 Å². The van der Waals surface area contributed by atoms with Crippen LogP contribution in [-0.2, 0) is 28.9 Å². The number of carbonyl (C=O) groups excluding carboxylic acids is 2. The largest absolute Gasteiger partial charge is 0.462 e. The number of esters is 1. The first-order valence-electron chi connectivity index (χ1n) is 12.9. The summed E-state index contributed by atoms with van der Waals surface area (Å²) in [5.74, 6) is 1.79. The molecular formula is C27H35N3O5S. The summed E-state index contributed by atoms with van der Waals surface area (Å²) >= 11 is 1.54. The highest BCUT2D eigenvalue weighted by Crippen LogP contribution is 2.40. The van der Waals surface area contributed by atoms with E-state index in [1.807, 2.05) is 26.0 Å². The van der Waals surface area contributed by atoms with Crippen LogP contribution < -0.4 is 14.8 Å². The second-order valence-electron chi connectivity index (χ2n) is 9.94. The summed E-state index contributed by atoms with van der Waals surface area (Å²) < 4.78 is 16.3. The molecule has 1 saturated heterocycles. The number of carbonyl (C=O) groups is 2. The number of nitrogens with zero attached hydrogens (tertiary/aromatic N) is 2. The number of thiophene rings is 1. The van der Waals surface area contributed by atoms with Gasteiger partial charge in [0.1, 0.15) is 5.00 Å². The molecule has 0 radical (unpaired) electrons. The molecule has 36 heavy (non-hydrogen) atoms. The molecule has 0 spiro atoms. The molecular weight excluding hydrogens is 478 g/mol. The van der Waals surface area contributed by atoms with Gasteiger partial charge in [-0.25, -0.2) is 4.79 Å². The Morgan fingerprint density at radius 3 is 2.75 bits per heavy atom. The van der Waals surface area contributed by atoms with Gasteiger partial charge < -0.3 is 19.5 Å². The fourth-order valence-corrected chi connectivity index (χ4v) is 6.65. The molecule has 1 N–H and O–H groups in total. The first kappa shape index (κ1) is 25.0.